The molecule has 3 aromatic carbocycles. The molecular weight excluding hydrogens is 342 g/mol. The molecule has 28 heavy (non-hydrogen) atoms. The summed E-state index contributed by atoms with van der Waals surface area (Å²) in [5.41, 5.74) is 6.68. The first-order valence-corrected chi connectivity index (χ1v) is 9.59. The van der Waals surface area contributed by atoms with Crippen molar-refractivity contribution in [1.82, 2.24) is 9.55 Å². The fourth-order valence-electron chi connectivity index (χ4n) is 3.40. The minimum Gasteiger partial charge on any atom is -0.326 e. The van der Waals surface area contributed by atoms with Gasteiger partial charge in [-0.2, -0.15) is 0 Å². The number of aliphatic imine (C=N–C) groups is 1. The zero-order valence-corrected chi connectivity index (χ0v) is 16.8. The second-order valence-corrected chi connectivity index (χ2v) is 8.05. The first-order valence-electron chi connectivity index (χ1n) is 9.59. The Morgan fingerprint density at radius 1 is 0.786 bits per heavy atom. The highest BCUT2D eigenvalue weighted by Gasteiger charge is 2.17. The van der Waals surface area contributed by atoms with Crippen molar-refractivity contribution in [3.63, 3.8) is 0 Å². The Kier molecular flexibility index (Phi) is 4.60. The highest BCUT2D eigenvalue weighted by Crippen LogP contribution is 2.35. The molecule has 0 aliphatic rings. The van der Waals surface area contributed by atoms with Crippen LogP contribution in [0.25, 0.3) is 33.3 Å². The summed E-state index contributed by atoms with van der Waals surface area (Å²) in [4.78, 5) is 9.67. The van der Waals surface area contributed by atoms with Crippen LogP contribution in [0.5, 0.6) is 0 Å². The quantitative estimate of drug-likeness (QED) is 0.401. The van der Waals surface area contributed by atoms with Gasteiger partial charge < -0.3 is 4.57 Å². The summed E-state index contributed by atoms with van der Waals surface area (Å²) in [6, 6.07) is 25.3. The van der Waals surface area contributed by atoms with Crippen LogP contribution in [0.4, 0.5) is 0 Å². The Bertz CT molecular complexity index is 1130. The fraction of sp³-hybridized carbons (Fsp3) is 0.200. The smallest absolute Gasteiger partial charge is 0.151 e. The SMILES string of the molecule is Cn1c(/C=N/C(C)(C)C)nc2c(-c3ccccc3)ccc(-c3ccccc3)c21. The average Bonchev–Trinajstić information content (AvgIpc) is 3.03. The van der Waals surface area contributed by atoms with Crippen molar-refractivity contribution in [2.45, 2.75) is 26.3 Å². The van der Waals surface area contributed by atoms with Crippen LogP contribution >= 0.6 is 0 Å². The number of nitrogens with zero attached hydrogens (tertiary/aromatic N) is 3. The number of rotatable bonds is 3. The summed E-state index contributed by atoms with van der Waals surface area (Å²) in [5.74, 6) is 0.866. The van der Waals surface area contributed by atoms with E-state index in [9.17, 15) is 0 Å². The largest absolute Gasteiger partial charge is 0.326 e. The van der Waals surface area contributed by atoms with Crippen molar-refractivity contribution in [3.05, 3.63) is 78.6 Å². The van der Waals surface area contributed by atoms with E-state index in [1.54, 1.807) is 0 Å². The maximum atomic E-state index is 4.99. The van der Waals surface area contributed by atoms with Gasteiger partial charge in [-0.3, -0.25) is 4.99 Å². The van der Waals surface area contributed by atoms with Crippen molar-refractivity contribution in [2.24, 2.45) is 12.0 Å². The Morgan fingerprint density at radius 2 is 1.32 bits per heavy atom. The molecule has 4 aromatic rings. The molecule has 0 atom stereocenters. The van der Waals surface area contributed by atoms with Gasteiger partial charge in [-0.15, -0.1) is 0 Å². The van der Waals surface area contributed by atoms with Crippen molar-refractivity contribution in [2.75, 3.05) is 0 Å². The molecule has 0 amide bonds. The summed E-state index contributed by atoms with van der Waals surface area (Å²) >= 11 is 0. The Hall–Kier alpha value is -3.20. The average molecular weight is 367 g/mol. The van der Waals surface area contributed by atoms with E-state index in [0.717, 1.165) is 22.4 Å². The molecule has 3 nitrogen and oxygen atoms in total. The van der Waals surface area contributed by atoms with E-state index in [4.69, 9.17) is 4.98 Å². The minimum absolute atomic E-state index is 0.136. The molecular formula is C25H25N3. The number of imidazole rings is 1. The summed E-state index contributed by atoms with van der Waals surface area (Å²) in [7, 11) is 2.07. The van der Waals surface area contributed by atoms with Gasteiger partial charge in [-0.05, 0) is 31.9 Å². The molecule has 0 unspecified atom stereocenters. The molecule has 4 rings (SSSR count). The zero-order chi connectivity index (χ0) is 19.7. The number of hydrogen-bond acceptors (Lipinski definition) is 2. The lowest BCUT2D eigenvalue weighted by molar-refractivity contribution is 0.586. The molecule has 0 aliphatic carbocycles. The molecule has 0 N–H and O–H groups in total. The first kappa shape index (κ1) is 18.2. The molecule has 0 spiro atoms. The molecule has 1 heterocycles. The van der Waals surface area contributed by atoms with E-state index < -0.39 is 0 Å². The lowest BCUT2D eigenvalue weighted by Crippen LogP contribution is -2.10. The molecule has 140 valence electrons. The van der Waals surface area contributed by atoms with Crippen LogP contribution in [-0.4, -0.2) is 21.3 Å². The van der Waals surface area contributed by atoms with Gasteiger partial charge in [-0.25, -0.2) is 4.98 Å². The molecule has 0 bridgehead atoms. The van der Waals surface area contributed by atoms with Gasteiger partial charge in [0, 0.05) is 18.2 Å². The molecule has 0 aliphatic heterocycles. The van der Waals surface area contributed by atoms with Crippen molar-refractivity contribution in [1.29, 1.82) is 0 Å². The number of aryl methyl sites for hydroxylation is 1. The first-order chi connectivity index (χ1) is 13.4. The van der Waals surface area contributed by atoms with Crippen LogP contribution in [0, 0.1) is 0 Å². The summed E-state index contributed by atoms with van der Waals surface area (Å²) in [6.07, 6.45) is 1.89. The van der Waals surface area contributed by atoms with Crippen molar-refractivity contribution < 1.29 is 0 Å². The van der Waals surface area contributed by atoms with Gasteiger partial charge in [-0.1, -0.05) is 72.8 Å². The van der Waals surface area contributed by atoms with E-state index in [0.29, 0.717) is 0 Å². The lowest BCUT2D eigenvalue weighted by atomic mass is 9.98. The number of hydrogen-bond donors (Lipinski definition) is 0. The molecule has 0 fully saturated rings. The van der Waals surface area contributed by atoms with Gasteiger partial charge in [0.15, 0.2) is 5.82 Å². The number of aromatic nitrogens is 2. The van der Waals surface area contributed by atoms with Crippen molar-refractivity contribution in [3.8, 4) is 22.3 Å². The van der Waals surface area contributed by atoms with Crippen LogP contribution in [0.1, 0.15) is 26.6 Å². The molecule has 1 aromatic heterocycles. The third-order valence-corrected chi connectivity index (χ3v) is 4.79. The van der Waals surface area contributed by atoms with E-state index in [2.05, 4.69) is 98.0 Å². The summed E-state index contributed by atoms with van der Waals surface area (Å²) in [6.45, 7) is 6.28. The molecule has 0 saturated carbocycles. The van der Waals surface area contributed by atoms with E-state index >= 15 is 0 Å². The minimum atomic E-state index is -0.136. The summed E-state index contributed by atoms with van der Waals surface area (Å²) < 4.78 is 2.15. The lowest BCUT2D eigenvalue weighted by Gasteiger charge is -2.11. The van der Waals surface area contributed by atoms with Crippen LogP contribution in [0.2, 0.25) is 0 Å². The van der Waals surface area contributed by atoms with Crippen LogP contribution in [-0.2, 0) is 7.05 Å². The fourth-order valence-corrected chi connectivity index (χ4v) is 3.40. The van der Waals surface area contributed by atoms with Gasteiger partial charge in [0.2, 0.25) is 0 Å². The van der Waals surface area contributed by atoms with Crippen LogP contribution in [0.15, 0.2) is 77.8 Å². The Morgan fingerprint density at radius 3 is 1.89 bits per heavy atom. The van der Waals surface area contributed by atoms with Gasteiger partial charge in [0.1, 0.15) is 0 Å². The standard InChI is InChI=1S/C25H25N3/c1-25(2,3)26-17-22-27-23-20(18-11-7-5-8-12-18)15-16-21(24(23)28(22)4)19-13-9-6-10-14-19/h5-17H,1-4H3/b26-17+. The highest BCUT2D eigenvalue weighted by molar-refractivity contribution is 6.03. The highest BCUT2D eigenvalue weighted by atomic mass is 15.1. The predicted molar refractivity (Wildman–Crippen MR) is 119 cm³/mol. The van der Waals surface area contributed by atoms with E-state index in [1.807, 2.05) is 18.3 Å². The van der Waals surface area contributed by atoms with Crippen LogP contribution in [0.3, 0.4) is 0 Å². The summed E-state index contributed by atoms with van der Waals surface area (Å²) in [5, 5.41) is 0. The third kappa shape index (κ3) is 3.48. The molecule has 0 saturated heterocycles. The third-order valence-electron chi connectivity index (χ3n) is 4.79. The van der Waals surface area contributed by atoms with Gasteiger partial charge >= 0.3 is 0 Å². The Labute approximate surface area is 166 Å². The van der Waals surface area contributed by atoms with Crippen LogP contribution < -0.4 is 0 Å². The number of fused-ring (bicyclic) bond motifs is 1. The van der Waals surface area contributed by atoms with Gasteiger partial charge in [0.25, 0.3) is 0 Å². The van der Waals surface area contributed by atoms with Crippen molar-refractivity contribution >= 4 is 17.2 Å². The Balaban J connectivity index is 2.00. The second kappa shape index (κ2) is 7.08. The molecule has 3 heteroatoms. The normalized spacial score (nSPS) is 12.1. The van der Waals surface area contributed by atoms with Gasteiger partial charge in [0.05, 0.1) is 22.8 Å². The second-order valence-electron chi connectivity index (χ2n) is 8.05. The number of benzene rings is 3. The van der Waals surface area contributed by atoms with E-state index in [-0.39, 0.29) is 5.54 Å². The monoisotopic (exact) mass is 367 g/mol. The maximum Gasteiger partial charge on any atom is 0.151 e. The maximum absolute atomic E-state index is 4.99. The molecule has 0 radical (unpaired) electrons. The predicted octanol–water partition coefficient (Wildman–Crippen LogP) is 6.12. The van der Waals surface area contributed by atoms with E-state index in [1.165, 1.54) is 16.7 Å². The zero-order valence-electron chi connectivity index (χ0n) is 16.8. The topological polar surface area (TPSA) is 30.2 Å².